The zero-order valence-electron chi connectivity index (χ0n) is 37.6. The first-order valence-electron chi connectivity index (χ1n) is 22.7. The monoisotopic (exact) mass is 848 g/mol. The molecule has 0 spiro atoms. The van der Waals surface area contributed by atoms with Gasteiger partial charge in [-0.05, 0) is 139 Å². The number of hydrogen-bond acceptors (Lipinski definition) is 3. The average molecular weight is 849 g/mol. The van der Waals surface area contributed by atoms with Gasteiger partial charge in [0.25, 0.3) is 0 Å². The van der Waals surface area contributed by atoms with Gasteiger partial charge in [-0.15, -0.1) is 0 Å². The maximum absolute atomic E-state index is 5.12. The highest BCUT2D eigenvalue weighted by atomic mass is 15.1. The van der Waals surface area contributed by atoms with E-state index < -0.39 is 0 Å². The van der Waals surface area contributed by atoms with Crippen LogP contribution in [0.15, 0.2) is 218 Å². The molecule has 2 heterocycles. The van der Waals surface area contributed by atoms with Gasteiger partial charge in [0.05, 0.1) is 28.1 Å². The molecule has 0 fully saturated rings. The Morgan fingerprint density at radius 2 is 0.818 bits per heavy atom. The van der Waals surface area contributed by atoms with Crippen molar-refractivity contribution in [1.29, 1.82) is 0 Å². The minimum atomic E-state index is 0.737. The molecule has 0 aliphatic carbocycles. The molecule has 0 bridgehead atoms. The van der Waals surface area contributed by atoms with E-state index in [1.54, 1.807) is 0 Å². The van der Waals surface area contributed by atoms with Gasteiger partial charge in [0.1, 0.15) is 0 Å². The van der Waals surface area contributed by atoms with E-state index in [-0.39, 0.29) is 0 Å². The Morgan fingerprint density at radius 1 is 0.333 bits per heavy atom. The lowest BCUT2D eigenvalue weighted by Crippen LogP contribution is -2.09. The van der Waals surface area contributed by atoms with E-state index in [4.69, 9.17) is 9.97 Å². The summed E-state index contributed by atoms with van der Waals surface area (Å²) in [5.74, 6) is 0.737. The molecule has 66 heavy (non-hydrogen) atoms. The fourth-order valence-electron chi connectivity index (χ4n) is 9.64. The first kappa shape index (κ1) is 40.4. The van der Waals surface area contributed by atoms with Crippen LogP contribution in [0.4, 0.5) is 17.1 Å². The molecule has 4 heteroatoms. The van der Waals surface area contributed by atoms with Crippen LogP contribution < -0.4 is 4.90 Å². The summed E-state index contributed by atoms with van der Waals surface area (Å²) in [7, 11) is 0. The Labute approximate surface area is 386 Å². The van der Waals surface area contributed by atoms with Crippen molar-refractivity contribution in [3.63, 3.8) is 0 Å². The second-order valence-corrected chi connectivity index (χ2v) is 17.3. The molecule has 9 aromatic carbocycles. The van der Waals surface area contributed by atoms with Gasteiger partial charge in [0, 0.05) is 44.5 Å². The number of fused-ring (bicyclic) bond motifs is 3. The van der Waals surface area contributed by atoms with Gasteiger partial charge in [-0.2, -0.15) is 0 Å². The van der Waals surface area contributed by atoms with Crippen molar-refractivity contribution in [3.05, 3.63) is 241 Å². The van der Waals surface area contributed by atoms with Gasteiger partial charge in [-0.25, -0.2) is 9.97 Å². The molecule has 0 saturated heterocycles. The zero-order chi connectivity index (χ0) is 44.7. The summed E-state index contributed by atoms with van der Waals surface area (Å²) < 4.78 is 2.46. The molecule has 0 amide bonds. The second-order valence-electron chi connectivity index (χ2n) is 17.3. The Hall–Kier alpha value is -8.34. The molecule has 316 valence electrons. The molecule has 2 aromatic heterocycles. The molecule has 0 atom stereocenters. The Bertz CT molecular complexity index is 3430. The van der Waals surface area contributed by atoms with Crippen molar-refractivity contribution in [3.8, 4) is 61.8 Å². The minimum Gasteiger partial charge on any atom is -0.310 e. The van der Waals surface area contributed by atoms with E-state index >= 15 is 0 Å². The number of aryl methyl sites for hydroxylation is 4. The highest BCUT2D eigenvalue weighted by Gasteiger charge is 2.20. The molecular weight excluding hydrogens is 801 g/mol. The number of nitrogens with zero attached hydrogens (tertiary/aromatic N) is 4. The lowest BCUT2D eigenvalue weighted by Gasteiger charge is -2.25. The smallest absolute Gasteiger partial charge is 0.160 e. The Kier molecular flexibility index (Phi) is 10.4. The Morgan fingerprint density at radius 3 is 1.42 bits per heavy atom. The number of para-hydroxylation sites is 3. The maximum Gasteiger partial charge on any atom is 0.160 e. The fraction of sp³-hybridized carbons (Fsp3) is 0.0645. The average Bonchev–Trinajstić information content (AvgIpc) is 3.68. The zero-order valence-corrected chi connectivity index (χ0v) is 37.6. The molecule has 0 radical (unpaired) electrons. The maximum atomic E-state index is 5.12. The third-order valence-corrected chi connectivity index (χ3v) is 12.9. The number of rotatable bonds is 9. The second kappa shape index (κ2) is 17.0. The Balaban J connectivity index is 0.906. The molecular formula is C62H48N4. The SMILES string of the molecule is Cc1ccccc1-c1cc(-c2ccc(-c3ccc(-c4cc(C)c(-n5c6ccccc6c6cc(N(c7ccccc7)c7ccccc7)ccc65)c(C)c4)cc3)cc2)nc(-c2ccccc2C)n1. The van der Waals surface area contributed by atoms with Gasteiger partial charge in [-0.3, -0.25) is 0 Å². The number of benzene rings is 9. The normalized spacial score (nSPS) is 11.3. The van der Waals surface area contributed by atoms with E-state index in [9.17, 15) is 0 Å². The van der Waals surface area contributed by atoms with Gasteiger partial charge in [0.2, 0.25) is 0 Å². The topological polar surface area (TPSA) is 34.0 Å². The van der Waals surface area contributed by atoms with Crippen molar-refractivity contribution >= 4 is 38.9 Å². The van der Waals surface area contributed by atoms with Gasteiger partial charge in [-0.1, -0.05) is 152 Å². The van der Waals surface area contributed by atoms with Gasteiger partial charge in [0.15, 0.2) is 5.82 Å². The van der Waals surface area contributed by atoms with Crippen LogP contribution in [0.5, 0.6) is 0 Å². The molecule has 4 nitrogen and oxygen atoms in total. The van der Waals surface area contributed by atoms with Crippen molar-refractivity contribution in [2.45, 2.75) is 27.7 Å². The predicted octanol–water partition coefficient (Wildman–Crippen LogP) is 16.6. The van der Waals surface area contributed by atoms with Gasteiger partial charge < -0.3 is 9.47 Å². The highest BCUT2D eigenvalue weighted by Crippen LogP contribution is 2.41. The summed E-state index contributed by atoms with van der Waals surface area (Å²) in [6, 6.07) is 78.2. The van der Waals surface area contributed by atoms with E-state index in [0.717, 1.165) is 62.1 Å². The van der Waals surface area contributed by atoms with Crippen LogP contribution in [0.3, 0.4) is 0 Å². The van der Waals surface area contributed by atoms with Crippen molar-refractivity contribution in [2.75, 3.05) is 4.90 Å². The third kappa shape index (κ3) is 7.42. The molecule has 0 N–H and O–H groups in total. The predicted molar refractivity (Wildman–Crippen MR) is 277 cm³/mol. The van der Waals surface area contributed by atoms with Crippen LogP contribution >= 0.6 is 0 Å². The lowest BCUT2D eigenvalue weighted by molar-refractivity contribution is 1.12. The first-order chi connectivity index (χ1) is 32.4. The van der Waals surface area contributed by atoms with E-state index in [2.05, 4.69) is 256 Å². The largest absolute Gasteiger partial charge is 0.310 e. The van der Waals surface area contributed by atoms with Crippen LogP contribution in [-0.4, -0.2) is 14.5 Å². The minimum absolute atomic E-state index is 0.737. The van der Waals surface area contributed by atoms with E-state index in [1.165, 1.54) is 60.9 Å². The summed E-state index contributed by atoms with van der Waals surface area (Å²) in [6.07, 6.45) is 0. The van der Waals surface area contributed by atoms with Crippen LogP contribution in [0.1, 0.15) is 22.3 Å². The molecule has 0 unspecified atom stereocenters. The third-order valence-electron chi connectivity index (χ3n) is 12.9. The quantitative estimate of drug-likeness (QED) is 0.145. The van der Waals surface area contributed by atoms with E-state index in [0.29, 0.717) is 0 Å². The molecule has 11 rings (SSSR count). The van der Waals surface area contributed by atoms with Crippen molar-refractivity contribution in [2.24, 2.45) is 0 Å². The summed E-state index contributed by atoms with van der Waals surface area (Å²) >= 11 is 0. The standard InChI is InChI=1S/C62H48N4/c1-41-17-11-13-23-53(41)58-40-57(63-62(64-58)54-24-14-12-18-42(54)2)48-33-31-46(32-34-48)45-27-29-47(30-28-45)49-37-43(3)61(44(4)38-49)66-59-26-16-15-25-55(59)56-39-52(35-36-60(56)66)65(50-19-7-5-8-20-50)51-21-9-6-10-22-51/h5-40H,1-4H3. The van der Waals surface area contributed by atoms with Crippen LogP contribution in [0, 0.1) is 27.7 Å². The van der Waals surface area contributed by atoms with Crippen molar-refractivity contribution < 1.29 is 0 Å². The molecule has 0 saturated carbocycles. The number of hydrogen-bond donors (Lipinski definition) is 0. The van der Waals surface area contributed by atoms with Gasteiger partial charge >= 0.3 is 0 Å². The summed E-state index contributed by atoms with van der Waals surface area (Å²) in [4.78, 5) is 12.5. The molecule has 11 aromatic rings. The lowest BCUT2D eigenvalue weighted by atomic mass is 9.96. The number of anilines is 3. The first-order valence-corrected chi connectivity index (χ1v) is 22.7. The summed E-state index contributed by atoms with van der Waals surface area (Å²) in [6.45, 7) is 8.74. The van der Waals surface area contributed by atoms with Crippen LogP contribution in [0.2, 0.25) is 0 Å². The number of aromatic nitrogens is 3. The summed E-state index contributed by atoms with van der Waals surface area (Å²) in [5.41, 5.74) is 21.5. The van der Waals surface area contributed by atoms with Crippen LogP contribution in [-0.2, 0) is 0 Å². The van der Waals surface area contributed by atoms with Crippen LogP contribution in [0.25, 0.3) is 83.6 Å². The van der Waals surface area contributed by atoms with E-state index in [1.807, 2.05) is 0 Å². The molecule has 0 aliphatic rings. The molecule has 0 aliphatic heterocycles. The van der Waals surface area contributed by atoms with Crippen molar-refractivity contribution in [1.82, 2.24) is 14.5 Å². The summed E-state index contributed by atoms with van der Waals surface area (Å²) in [5, 5.41) is 2.46. The highest BCUT2D eigenvalue weighted by molar-refractivity contribution is 6.11. The fourth-order valence-corrected chi connectivity index (χ4v) is 9.64.